The number of likely N-dealkylation sites (tertiary alicyclic amines) is 1. The maximum absolute atomic E-state index is 4.70. The van der Waals surface area contributed by atoms with Gasteiger partial charge in [-0.05, 0) is 25.2 Å². The number of hydrogen-bond acceptors (Lipinski definition) is 3. The van der Waals surface area contributed by atoms with Crippen LogP contribution in [0.25, 0.3) is 0 Å². The first-order chi connectivity index (χ1) is 8.33. The minimum atomic E-state index is 0.666. The zero-order chi connectivity index (χ0) is 12.1. The van der Waals surface area contributed by atoms with Crippen LogP contribution in [-0.4, -0.2) is 40.3 Å². The van der Waals surface area contributed by atoms with Crippen LogP contribution in [0.2, 0.25) is 0 Å². The summed E-state index contributed by atoms with van der Waals surface area (Å²) < 4.78 is 0. The van der Waals surface area contributed by atoms with E-state index in [0.717, 1.165) is 17.8 Å². The average Bonchev–Trinajstić information content (AvgIpc) is 2.70. The maximum Gasteiger partial charge on any atom is 0.159 e. The van der Waals surface area contributed by atoms with Crippen LogP contribution in [0, 0.1) is 5.92 Å². The fraction of sp³-hybridized carbons (Fsp3) is 0.923. The molecule has 0 saturated carbocycles. The van der Waals surface area contributed by atoms with Crippen LogP contribution in [0.3, 0.4) is 0 Å². The average molecular weight is 319 g/mol. The number of aliphatic imine (C=N–C) groups is 1. The zero-order valence-corrected chi connectivity index (χ0v) is 13.1. The molecule has 2 rings (SSSR count). The Morgan fingerprint density at radius 2 is 2.29 bits per heavy atom. The van der Waals surface area contributed by atoms with E-state index >= 15 is 0 Å². The first kappa shape index (κ1) is 13.7. The first-order valence-electron chi connectivity index (χ1n) is 6.85. The molecule has 0 aromatic rings. The fourth-order valence-corrected chi connectivity index (χ4v) is 4.30. The third kappa shape index (κ3) is 3.88. The fourth-order valence-electron chi connectivity index (χ4n) is 2.71. The summed E-state index contributed by atoms with van der Waals surface area (Å²) in [5.74, 6) is 0.962. The molecule has 2 unspecified atom stereocenters. The molecule has 0 aromatic carbocycles. The van der Waals surface area contributed by atoms with E-state index in [4.69, 9.17) is 4.99 Å². The van der Waals surface area contributed by atoms with Crippen molar-refractivity contribution >= 4 is 32.9 Å². The molecule has 2 aliphatic rings. The molecule has 2 atom stereocenters. The van der Waals surface area contributed by atoms with E-state index in [2.05, 4.69) is 27.8 Å². The van der Waals surface area contributed by atoms with Crippen LogP contribution in [0.1, 0.15) is 39.0 Å². The lowest BCUT2D eigenvalue weighted by molar-refractivity contribution is 0.406. The van der Waals surface area contributed by atoms with Gasteiger partial charge in [0.05, 0.1) is 6.54 Å². The number of hydrogen-bond donors (Lipinski definition) is 0. The first-order valence-corrected chi connectivity index (χ1v) is 8.85. The highest BCUT2D eigenvalue weighted by molar-refractivity contribution is 9.09. The largest absolute Gasteiger partial charge is 0.351 e. The minimum absolute atomic E-state index is 0.666. The van der Waals surface area contributed by atoms with Crippen LogP contribution in [0.4, 0.5) is 0 Å². The third-order valence-electron chi connectivity index (χ3n) is 3.69. The second-order valence-corrected chi connectivity index (χ2v) is 7.01. The Morgan fingerprint density at radius 3 is 3.00 bits per heavy atom. The summed E-state index contributed by atoms with van der Waals surface area (Å²) in [6.45, 7) is 5.76. The van der Waals surface area contributed by atoms with E-state index in [9.17, 15) is 0 Å². The SMILES string of the molecule is CCCC1CCCN(C2=NCC(CBr)S2)CC1. The minimum Gasteiger partial charge on any atom is -0.351 e. The molecule has 0 N–H and O–H groups in total. The van der Waals surface area contributed by atoms with Crippen LogP contribution in [-0.2, 0) is 0 Å². The standard InChI is InChI=1S/C13H23BrN2S/c1-2-4-11-5-3-7-16(8-6-11)13-15-10-12(9-14)17-13/h11-12H,2-10H2,1H3. The summed E-state index contributed by atoms with van der Waals surface area (Å²) in [6, 6.07) is 0. The highest BCUT2D eigenvalue weighted by Crippen LogP contribution is 2.28. The van der Waals surface area contributed by atoms with Gasteiger partial charge in [0.25, 0.3) is 0 Å². The van der Waals surface area contributed by atoms with Gasteiger partial charge in [-0.2, -0.15) is 0 Å². The van der Waals surface area contributed by atoms with Gasteiger partial charge < -0.3 is 4.90 Å². The lowest BCUT2D eigenvalue weighted by Crippen LogP contribution is -2.29. The number of alkyl halides is 1. The maximum atomic E-state index is 4.70. The second-order valence-electron chi connectivity index (χ2n) is 5.09. The molecule has 0 radical (unpaired) electrons. The Balaban J connectivity index is 1.83. The monoisotopic (exact) mass is 318 g/mol. The molecule has 0 aromatic heterocycles. The number of thioether (sulfide) groups is 1. The van der Waals surface area contributed by atoms with E-state index in [1.165, 1.54) is 50.4 Å². The molecule has 0 spiro atoms. The summed E-state index contributed by atoms with van der Waals surface area (Å²) in [6.07, 6.45) is 6.89. The molecule has 1 saturated heterocycles. The highest BCUT2D eigenvalue weighted by Gasteiger charge is 2.25. The predicted octanol–water partition coefficient (Wildman–Crippen LogP) is 3.75. The van der Waals surface area contributed by atoms with Gasteiger partial charge in [-0.15, -0.1) is 0 Å². The van der Waals surface area contributed by atoms with Crippen molar-refractivity contribution in [3.63, 3.8) is 0 Å². The number of rotatable bonds is 3. The van der Waals surface area contributed by atoms with Crippen LogP contribution in [0.15, 0.2) is 4.99 Å². The van der Waals surface area contributed by atoms with Crippen LogP contribution < -0.4 is 0 Å². The molecule has 4 heteroatoms. The van der Waals surface area contributed by atoms with Gasteiger partial charge in [0.15, 0.2) is 5.17 Å². The topological polar surface area (TPSA) is 15.6 Å². The summed E-state index contributed by atoms with van der Waals surface area (Å²) in [5.41, 5.74) is 0. The molecule has 98 valence electrons. The van der Waals surface area contributed by atoms with E-state index in [1.54, 1.807) is 0 Å². The molecule has 0 aliphatic carbocycles. The van der Waals surface area contributed by atoms with Gasteiger partial charge in [0, 0.05) is 23.7 Å². The molecule has 0 bridgehead atoms. The van der Waals surface area contributed by atoms with Gasteiger partial charge in [0.1, 0.15) is 0 Å². The number of amidine groups is 1. The lowest BCUT2D eigenvalue weighted by Gasteiger charge is -2.22. The number of nitrogens with zero attached hydrogens (tertiary/aromatic N) is 2. The van der Waals surface area contributed by atoms with Gasteiger partial charge >= 0.3 is 0 Å². The van der Waals surface area contributed by atoms with Crippen molar-refractivity contribution in [3.05, 3.63) is 0 Å². The lowest BCUT2D eigenvalue weighted by atomic mass is 9.96. The summed E-state index contributed by atoms with van der Waals surface area (Å²) in [5, 5.41) is 3.04. The summed E-state index contributed by atoms with van der Waals surface area (Å²) in [4.78, 5) is 7.23. The molecule has 2 nitrogen and oxygen atoms in total. The van der Waals surface area contributed by atoms with Crippen molar-refractivity contribution in [2.24, 2.45) is 10.9 Å². The van der Waals surface area contributed by atoms with Gasteiger partial charge in [-0.3, -0.25) is 4.99 Å². The molecule has 2 aliphatic heterocycles. The van der Waals surface area contributed by atoms with Crippen molar-refractivity contribution in [2.75, 3.05) is 25.0 Å². The molecule has 2 heterocycles. The Kier molecular flexibility index (Phi) is 5.67. The summed E-state index contributed by atoms with van der Waals surface area (Å²) >= 11 is 5.53. The van der Waals surface area contributed by atoms with E-state index in [-0.39, 0.29) is 0 Å². The van der Waals surface area contributed by atoms with Crippen molar-refractivity contribution < 1.29 is 0 Å². The zero-order valence-electron chi connectivity index (χ0n) is 10.7. The van der Waals surface area contributed by atoms with Gasteiger partial charge in [-0.25, -0.2) is 0 Å². The quantitative estimate of drug-likeness (QED) is 0.736. The molecular weight excluding hydrogens is 296 g/mol. The summed E-state index contributed by atoms with van der Waals surface area (Å²) in [7, 11) is 0. The second kappa shape index (κ2) is 7.03. The molecular formula is C13H23BrN2S. The van der Waals surface area contributed by atoms with Gasteiger partial charge in [-0.1, -0.05) is 47.5 Å². The number of halogens is 1. The Bertz CT molecular complexity index is 270. The highest BCUT2D eigenvalue weighted by atomic mass is 79.9. The normalized spacial score (nSPS) is 30.2. The van der Waals surface area contributed by atoms with Crippen molar-refractivity contribution in [1.29, 1.82) is 0 Å². The van der Waals surface area contributed by atoms with E-state index in [1.807, 2.05) is 11.8 Å². The Morgan fingerprint density at radius 1 is 1.41 bits per heavy atom. The van der Waals surface area contributed by atoms with Crippen LogP contribution >= 0.6 is 27.7 Å². The predicted molar refractivity (Wildman–Crippen MR) is 81.3 cm³/mol. The third-order valence-corrected chi connectivity index (χ3v) is 6.15. The van der Waals surface area contributed by atoms with Crippen molar-refractivity contribution in [3.8, 4) is 0 Å². The molecule has 1 fully saturated rings. The smallest absolute Gasteiger partial charge is 0.159 e. The van der Waals surface area contributed by atoms with Crippen LogP contribution in [0.5, 0.6) is 0 Å². The van der Waals surface area contributed by atoms with Crippen molar-refractivity contribution in [2.45, 2.75) is 44.3 Å². The molecule has 0 amide bonds. The van der Waals surface area contributed by atoms with E-state index < -0.39 is 0 Å². The van der Waals surface area contributed by atoms with Gasteiger partial charge in [0.2, 0.25) is 0 Å². The van der Waals surface area contributed by atoms with E-state index in [0.29, 0.717) is 5.25 Å². The Hall–Kier alpha value is 0.300. The molecule has 17 heavy (non-hydrogen) atoms. The Labute approximate surface area is 118 Å². The van der Waals surface area contributed by atoms with Crippen molar-refractivity contribution in [1.82, 2.24) is 4.90 Å².